The molecule has 2 N–H and O–H groups in total. The van der Waals surface area contributed by atoms with Crippen LogP contribution in [0.3, 0.4) is 0 Å². The van der Waals surface area contributed by atoms with E-state index in [4.69, 9.17) is 5.73 Å². The summed E-state index contributed by atoms with van der Waals surface area (Å²) < 4.78 is 1.85. The van der Waals surface area contributed by atoms with Gasteiger partial charge < -0.3 is 5.73 Å². The van der Waals surface area contributed by atoms with E-state index in [-0.39, 0.29) is 0 Å². The normalized spacial score (nSPS) is 10.7. The van der Waals surface area contributed by atoms with E-state index < -0.39 is 0 Å². The zero-order valence-corrected chi connectivity index (χ0v) is 10.1. The van der Waals surface area contributed by atoms with Crippen LogP contribution in [0, 0.1) is 0 Å². The second kappa shape index (κ2) is 5.59. The molecule has 4 heteroatoms. The molecule has 17 heavy (non-hydrogen) atoms. The Morgan fingerprint density at radius 2 is 1.88 bits per heavy atom. The Balaban J connectivity index is 2.03. The first kappa shape index (κ1) is 11.8. The van der Waals surface area contributed by atoms with E-state index in [2.05, 4.69) is 41.5 Å². The highest BCUT2D eigenvalue weighted by atomic mass is 15.4. The van der Waals surface area contributed by atoms with Crippen LogP contribution in [0.2, 0.25) is 0 Å². The van der Waals surface area contributed by atoms with Crippen LogP contribution >= 0.6 is 0 Å². The van der Waals surface area contributed by atoms with Crippen molar-refractivity contribution in [3.05, 3.63) is 47.3 Å². The van der Waals surface area contributed by atoms with Crippen molar-refractivity contribution >= 4 is 0 Å². The first-order valence-electron chi connectivity index (χ1n) is 5.98. The monoisotopic (exact) mass is 230 g/mol. The molecule has 1 heterocycles. The van der Waals surface area contributed by atoms with E-state index >= 15 is 0 Å². The largest absolute Gasteiger partial charge is 0.330 e. The van der Waals surface area contributed by atoms with Crippen LogP contribution in [0.25, 0.3) is 0 Å². The molecule has 1 aromatic heterocycles. The van der Waals surface area contributed by atoms with Crippen molar-refractivity contribution < 1.29 is 0 Å². The Hall–Kier alpha value is -1.68. The van der Waals surface area contributed by atoms with E-state index in [9.17, 15) is 0 Å². The van der Waals surface area contributed by atoms with Gasteiger partial charge in [-0.05, 0) is 24.1 Å². The molecule has 2 rings (SSSR count). The molecular weight excluding hydrogens is 212 g/mol. The fraction of sp³-hybridized carbons (Fsp3) is 0.385. The fourth-order valence-corrected chi connectivity index (χ4v) is 1.75. The van der Waals surface area contributed by atoms with Crippen molar-refractivity contribution in [2.45, 2.75) is 26.3 Å². The number of aromatic nitrogens is 3. The summed E-state index contributed by atoms with van der Waals surface area (Å²) in [7, 11) is 0. The third kappa shape index (κ3) is 3.14. The van der Waals surface area contributed by atoms with Crippen LogP contribution in [-0.2, 0) is 19.4 Å². The minimum absolute atomic E-state index is 0.615. The van der Waals surface area contributed by atoms with Crippen LogP contribution in [0.1, 0.15) is 23.7 Å². The summed E-state index contributed by atoms with van der Waals surface area (Å²) in [5.74, 6) is 0. The van der Waals surface area contributed by atoms with Crippen LogP contribution in [0.5, 0.6) is 0 Å². The summed E-state index contributed by atoms with van der Waals surface area (Å²) in [6.07, 6.45) is 3.82. The first-order chi connectivity index (χ1) is 8.31. The van der Waals surface area contributed by atoms with Gasteiger partial charge in [-0.3, -0.25) is 0 Å². The topological polar surface area (TPSA) is 56.7 Å². The Bertz CT molecular complexity index is 459. The summed E-state index contributed by atoms with van der Waals surface area (Å²) in [5, 5.41) is 8.15. The molecule has 0 aliphatic carbocycles. The molecule has 0 aliphatic heterocycles. The Labute approximate surface area is 101 Å². The van der Waals surface area contributed by atoms with E-state index in [1.807, 2.05) is 10.9 Å². The number of hydrogen-bond donors (Lipinski definition) is 1. The van der Waals surface area contributed by atoms with Crippen LogP contribution in [0.4, 0.5) is 0 Å². The third-order valence-electron chi connectivity index (χ3n) is 2.76. The Morgan fingerprint density at radius 1 is 1.18 bits per heavy atom. The summed E-state index contributed by atoms with van der Waals surface area (Å²) in [4.78, 5) is 0. The highest BCUT2D eigenvalue weighted by Crippen LogP contribution is 2.06. The van der Waals surface area contributed by atoms with E-state index in [1.54, 1.807) is 0 Å². The van der Waals surface area contributed by atoms with E-state index in [1.165, 1.54) is 11.1 Å². The molecule has 0 bridgehead atoms. The van der Waals surface area contributed by atoms with Gasteiger partial charge in [0, 0.05) is 12.6 Å². The SMILES string of the molecule is CCc1ccc(Cn2cc(CCN)nn2)cc1. The minimum atomic E-state index is 0.615. The van der Waals surface area contributed by atoms with Crippen molar-refractivity contribution in [2.75, 3.05) is 6.54 Å². The smallest absolute Gasteiger partial charge is 0.0839 e. The summed E-state index contributed by atoms with van der Waals surface area (Å²) in [5.41, 5.74) is 9.03. The molecule has 0 unspecified atom stereocenters. The maximum Gasteiger partial charge on any atom is 0.0839 e. The molecule has 0 saturated heterocycles. The van der Waals surface area contributed by atoms with Gasteiger partial charge >= 0.3 is 0 Å². The Morgan fingerprint density at radius 3 is 2.53 bits per heavy atom. The second-order valence-electron chi connectivity index (χ2n) is 4.12. The van der Waals surface area contributed by atoms with Crippen molar-refractivity contribution in [1.29, 1.82) is 0 Å². The highest BCUT2D eigenvalue weighted by Gasteiger charge is 2.00. The Kier molecular flexibility index (Phi) is 3.88. The molecule has 0 amide bonds. The molecule has 0 radical (unpaired) electrons. The number of nitrogens with two attached hydrogens (primary N) is 1. The fourth-order valence-electron chi connectivity index (χ4n) is 1.75. The number of nitrogens with zero attached hydrogens (tertiary/aromatic N) is 3. The van der Waals surface area contributed by atoms with Gasteiger partial charge in [-0.15, -0.1) is 5.10 Å². The predicted octanol–water partition coefficient (Wildman–Crippen LogP) is 1.39. The first-order valence-corrected chi connectivity index (χ1v) is 5.98. The second-order valence-corrected chi connectivity index (χ2v) is 4.12. The van der Waals surface area contributed by atoms with Gasteiger partial charge in [0.25, 0.3) is 0 Å². The zero-order chi connectivity index (χ0) is 12.1. The van der Waals surface area contributed by atoms with Gasteiger partial charge in [0.1, 0.15) is 0 Å². The predicted molar refractivity (Wildman–Crippen MR) is 67.7 cm³/mol. The zero-order valence-electron chi connectivity index (χ0n) is 10.1. The van der Waals surface area contributed by atoms with Crippen LogP contribution in [0.15, 0.2) is 30.5 Å². The summed E-state index contributed by atoms with van der Waals surface area (Å²) in [6, 6.07) is 8.60. The number of hydrogen-bond acceptors (Lipinski definition) is 3. The number of benzene rings is 1. The standard InChI is InChI=1S/C13H18N4/c1-2-11-3-5-12(6-4-11)9-17-10-13(7-8-14)15-16-17/h3-6,10H,2,7-9,14H2,1H3. The van der Waals surface area contributed by atoms with Crippen molar-refractivity contribution in [2.24, 2.45) is 5.73 Å². The molecule has 0 fully saturated rings. The van der Waals surface area contributed by atoms with Gasteiger partial charge in [0.05, 0.1) is 12.2 Å². The molecule has 0 atom stereocenters. The van der Waals surface area contributed by atoms with Gasteiger partial charge in [-0.2, -0.15) is 0 Å². The minimum Gasteiger partial charge on any atom is -0.330 e. The van der Waals surface area contributed by atoms with Gasteiger partial charge in [0.2, 0.25) is 0 Å². The third-order valence-corrected chi connectivity index (χ3v) is 2.76. The molecule has 0 spiro atoms. The maximum absolute atomic E-state index is 5.48. The average molecular weight is 230 g/mol. The van der Waals surface area contributed by atoms with Crippen LogP contribution < -0.4 is 5.73 Å². The maximum atomic E-state index is 5.48. The molecule has 90 valence electrons. The van der Waals surface area contributed by atoms with Gasteiger partial charge in [-0.1, -0.05) is 36.4 Å². The number of aryl methyl sites for hydroxylation is 1. The lowest BCUT2D eigenvalue weighted by molar-refractivity contribution is 0.649. The lowest BCUT2D eigenvalue weighted by Gasteiger charge is -2.02. The molecule has 0 aliphatic rings. The number of rotatable bonds is 5. The average Bonchev–Trinajstić information content (AvgIpc) is 2.78. The quantitative estimate of drug-likeness (QED) is 0.844. The molecule has 0 saturated carbocycles. The van der Waals surface area contributed by atoms with Crippen molar-refractivity contribution in [3.8, 4) is 0 Å². The highest BCUT2D eigenvalue weighted by molar-refractivity contribution is 5.22. The summed E-state index contributed by atoms with van der Waals surface area (Å²) in [6.45, 7) is 3.54. The van der Waals surface area contributed by atoms with E-state index in [0.717, 1.165) is 25.1 Å². The van der Waals surface area contributed by atoms with Gasteiger partial charge in [0.15, 0.2) is 0 Å². The lowest BCUT2D eigenvalue weighted by atomic mass is 10.1. The molecule has 1 aromatic carbocycles. The van der Waals surface area contributed by atoms with Crippen LogP contribution in [-0.4, -0.2) is 21.5 Å². The van der Waals surface area contributed by atoms with E-state index in [0.29, 0.717) is 6.54 Å². The molecule has 4 nitrogen and oxygen atoms in total. The van der Waals surface area contributed by atoms with Crippen molar-refractivity contribution in [1.82, 2.24) is 15.0 Å². The lowest BCUT2D eigenvalue weighted by Crippen LogP contribution is -2.02. The summed E-state index contributed by atoms with van der Waals surface area (Å²) >= 11 is 0. The molecular formula is C13H18N4. The van der Waals surface area contributed by atoms with Gasteiger partial charge in [-0.25, -0.2) is 4.68 Å². The molecule has 2 aromatic rings. The van der Waals surface area contributed by atoms with Crippen molar-refractivity contribution in [3.63, 3.8) is 0 Å².